The predicted molar refractivity (Wildman–Crippen MR) is 163 cm³/mol. The fourth-order valence-corrected chi connectivity index (χ4v) is 8.29. The molecule has 214 valence electrons. The van der Waals surface area contributed by atoms with Crippen molar-refractivity contribution in [2.24, 2.45) is 11.8 Å². The first-order valence-corrected chi connectivity index (χ1v) is 14.8. The Morgan fingerprint density at radius 2 is 1.21 bits per heavy atom. The van der Waals surface area contributed by atoms with E-state index < -0.39 is 51.8 Å². The third-order valence-corrected chi connectivity index (χ3v) is 10.3. The molecule has 2 amide bonds. The highest BCUT2D eigenvalue weighted by Crippen LogP contribution is 2.69. The number of rotatable bonds is 5. The van der Waals surface area contributed by atoms with Gasteiger partial charge in [0.25, 0.3) is 0 Å². The van der Waals surface area contributed by atoms with E-state index in [1.54, 1.807) is 0 Å². The molecular formula is C33H19Cl4NO5. The van der Waals surface area contributed by atoms with Gasteiger partial charge in [0.2, 0.25) is 17.6 Å². The van der Waals surface area contributed by atoms with Crippen LogP contribution in [0.4, 0.5) is 5.69 Å². The van der Waals surface area contributed by atoms with Crippen molar-refractivity contribution in [2.45, 2.75) is 9.75 Å². The van der Waals surface area contributed by atoms with Gasteiger partial charge in [-0.1, -0.05) is 71.7 Å². The topological polar surface area (TPSA) is 80.8 Å². The van der Waals surface area contributed by atoms with Crippen LogP contribution in [0, 0.1) is 11.8 Å². The van der Waals surface area contributed by atoms with Crippen molar-refractivity contribution >= 4 is 75.7 Å². The Labute approximate surface area is 266 Å². The molecule has 0 saturated carbocycles. The molecule has 1 fully saturated rings. The number of hydrogen-bond donors (Lipinski definition) is 0. The molecule has 0 aromatic heterocycles. The Morgan fingerprint density at radius 1 is 0.721 bits per heavy atom. The number of ketones is 1. The van der Waals surface area contributed by atoms with Gasteiger partial charge in [0, 0.05) is 10.6 Å². The molecule has 4 aromatic carbocycles. The Hall–Kier alpha value is -3.68. The van der Waals surface area contributed by atoms with E-state index >= 15 is 0 Å². The van der Waals surface area contributed by atoms with Crippen LogP contribution in [0.15, 0.2) is 91.0 Å². The molecule has 2 bridgehead atoms. The number of alkyl halides is 2. The predicted octanol–water partition coefficient (Wildman–Crippen LogP) is 7.13. The SMILES string of the molecule is O=C(OCC(=O)c1ccc(Cl)cc1Cl)c1ccc(N2C(=O)[C@H]3[C@H](C2=O)C2(Cl)c4ccccc4C3(Cl)c3ccccc32)cc1. The monoisotopic (exact) mass is 649 g/mol. The number of carbonyl (C=O) groups is 4. The number of Topliss-reactive ketones (excluding diaryl/α,β-unsaturated/α-hetero) is 1. The second-order valence-corrected chi connectivity index (χ2v) is 12.7. The van der Waals surface area contributed by atoms with Crippen molar-refractivity contribution in [3.05, 3.63) is 134 Å². The third kappa shape index (κ3) is 3.87. The molecule has 4 aromatic rings. The fraction of sp³-hybridized carbons (Fsp3) is 0.152. The number of ether oxygens (including phenoxy) is 1. The smallest absolute Gasteiger partial charge is 0.338 e. The van der Waals surface area contributed by atoms with Crippen LogP contribution in [-0.2, 0) is 24.1 Å². The average Bonchev–Trinajstić information content (AvgIpc) is 3.29. The second kappa shape index (κ2) is 9.93. The summed E-state index contributed by atoms with van der Waals surface area (Å²) in [5.41, 5.74) is 3.40. The number of hydrogen-bond acceptors (Lipinski definition) is 5. The van der Waals surface area contributed by atoms with Gasteiger partial charge in [-0.05, 0) is 64.7 Å². The van der Waals surface area contributed by atoms with Gasteiger partial charge in [-0.2, -0.15) is 0 Å². The van der Waals surface area contributed by atoms with E-state index in [4.69, 9.17) is 51.1 Å². The van der Waals surface area contributed by atoms with Gasteiger partial charge in [0.1, 0.15) is 9.75 Å². The van der Waals surface area contributed by atoms with Crippen molar-refractivity contribution in [3.8, 4) is 0 Å². The number of carbonyl (C=O) groups excluding carboxylic acids is 4. The molecular weight excluding hydrogens is 632 g/mol. The van der Waals surface area contributed by atoms with Crippen molar-refractivity contribution in [1.29, 1.82) is 0 Å². The van der Waals surface area contributed by atoms with Gasteiger partial charge < -0.3 is 4.74 Å². The zero-order valence-corrected chi connectivity index (χ0v) is 25.0. The summed E-state index contributed by atoms with van der Waals surface area (Å²) in [6.07, 6.45) is 0. The van der Waals surface area contributed by atoms with Crippen LogP contribution in [-0.4, -0.2) is 30.2 Å². The molecule has 10 heteroatoms. The summed E-state index contributed by atoms with van der Waals surface area (Å²) in [7, 11) is 0. The minimum atomic E-state index is -1.29. The lowest BCUT2D eigenvalue weighted by Gasteiger charge is -2.54. The maximum Gasteiger partial charge on any atom is 0.338 e. The minimum Gasteiger partial charge on any atom is -0.454 e. The first-order chi connectivity index (χ1) is 20.6. The molecule has 4 aliphatic rings. The summed E-state index contributed by atoms with van der Waals surface area (Å²) in [5, 5.41) is 0.521. The zero-order valence-electron chi connectivity index (χ0n) is 22.0. The van der Waals surface area contributed by atoms with Crippen LogP contribution < -0.4 is 4.90 Å². The number of esters is 1. The lowest BCUT2D eigenvalue weighted by molar-refractivity contribution is -0.122. The van der Waals surface area contributed by atoms with E-state index in [1.165, 1.54) is 42.5 Å². The maximum atomic E-state index is 14.1. The van der Waals surface area contributed by atoms with Gasteiger partial charge in [0.15, 0.2) is 6.61 Å². The summed E-state index contributed by atoms with van der Waals surface area (Å²) in [6.45, 7) is -0.537. The maximum absolute atomic E-state index is 14.1. The fourth-order valence-electron chi connectivity index (χ4n) is 6.68. The molecule has 1 saturated heterocycles. The van der Waals surface area contributed by atoms with Gasteiger partial charge in [-0.3, -0.25) is 14.4 Å². The van der Waals surface area contributed by atoms with Gasteiger partial charge >= 0.3 is 5.97 Å². The lowest BCUT2D eigenvalue weighted by atomic mass is 9.54. The van der Waals surface area contributed by atoms with E-state index in [2.05, 4.69) is 0 Å². The quantitative estimate of drug-likeness (QED) is 0.0994. The minimum absolute atomic E-state index is 0.123. The van der Waals surface area contributed by atoms with Crippen molar-refractivity contribution < 1.29 is 23.9 Å². The molecule has 2 atom stereocenters. The van der Waals surface area contributed by atoms with Gasteiger partial charge in [-0.15, -0.1) is 23.2 Å². The normalized spacial score (nSPS) is 24.8. The molecule has 0 radical (unpaired) electrons. The molecule has 43 heavy (non-hydrogen) atoms. The molecule has 6 nitrogen and oxygen atoms in total. The van der Waals surface area contributed by atoms with E-state index in [9.17, 15) is 19.2 Å². The van der Waals surface area contributed by atoms with Crippen LogP contribution >= 0.6 is 46.4 Å². The summed E-state index contributed by atoms with van der Waals surface area (Å²) < 4.78 is 5.19. The molecule has 0 spiro atoms. The number of halogens is 4. The Kier molecular flexibility index (Phi) is 6.49. The zero-order chi connectivity index (χ0) is 30.3. The highest BCUT2D eigenvalue weighted by Gasteiger charge is 2.73. The number of anilines is 1. The summed E-state index contributed by atoms with van der Waals surface area (Å²) >= 11 is 26.9. The van der Waals surface area contributed by atoms with Gasteiger partial charge in [-0.25, -0.2) is 9.69 Å². The number of nitrogens with zero attached hydrogens (tertiary/aromatic N) is 1. The molecule has 1 aliphatic heterocycles. The van der Waals surface area contributed by atoms with Crippen LogP contribution in [0.25, 0.3) is 0 Å². The average molecular weight is 651 g/mol. The van der Waals surface area contributed by atoms with Crippen molar-refractivity contribution in [1.82, 2.24) is 0 Å². The highest BCUT2D eigenvalue weighted by molar-refractivity contribution is 6.39. The van der Waals surface area contributed by atoms with Crippen LogP contribution in [0.2, 0.25) is 10.0 Å². The van der Waals surface area contributed by atoms with Crippen LogP contribution in [0.3, 0.4) is 0 Å². The Bertz CT molecular complexity index is 1770. The molecule has 8 rings (SSSR count). The van der Waals surface area contributed by atoms with E-state index in [0.29, 0.717) is 27.3 Å². The van der Waals surface area contributed by atoms with Crippen LogP contribution in [0.5, 0.6) is 0 Å². The second-order valence-electron chi connectivity index (χ2n) is 10.7. The van der Waals surface area contributed by atoms with E-state index in [-0.39, 0.29) is 21.8 Å². The first kappa shape index (κ1) is 28.1. The summed E-state index contributed by atoms with van der Waals surface area (Å²) in [5.74, 6) is -4.09. The molecule has 3 aliphatic carbocycles. The van der Waals surface area contributed by atoms with E-state index in [1.807, 2.05) is 48.5 Å². The third-order valence-electron chi connectivity index (χ3n) is 8.51. The Morgan fingerprint density at radius 3 is 1.67 bits per heavy atom. The lowest BCUT2D eigenvalue weighted by Crippen LogP contribution is -2.57. The van der Waals surface area contributed by atoms with E-state index in [0.717, 1.165) is 4.90 Å². The number of imide groups is 1. The highest BCUT2D eigenvalue weighted by atomic mass is 35.5. The standard InChI is InChI=1S/C33H19Cl4NO5/c34-18-11-14-20(25(35)15-18)26(39)16-43-31(42)17-9-12-19(13-10-17)38-29(40)27-28(30(38)41)33(37)22-6-2-1-5-21(22)32(27,36)23-7-3-4-8-24(23)33/h1-15,27-28H,16H2/t27-,28-,32?,33?/m1/s1. The first-order valence-electron chi connectivity index (χ1n) is 13.3. The Balaban J connectivity index is 1.17. The summed E-state index contributed by atoms with van der Waals surface area (Å²) in [4.78, 5) is 51.9. The van der Waals surface area contributed by atoms with Crippen molar-refractivity contribution in [2.75, 3.05) is 11.5 Å². The molecule has 0 unspecified atom stereocenters. The van der Waals surface area contributed by atoms with Crippen LogP contribution in [0.1, 0.15) is 43.0 Å². The molecule has 1 heterocycles. The largest absolute Gasteiger partial charge is 0.454 e. The molecule has 0 N–H and O–H groups in total. The summed E-state index contributed by atoms with van der Waals surface area (Å²) in [6, 6.07) is 25.0. The number of amides is 2. The van der Waals surface area contributed by atoms with Gasteiger partial charge in [0.05, 0.1) is 28.1 Å². The number of benzene rings is 4. The van der Waals surface area contributed by atoms with Crippen molar-refractivity contribution in [3.63, 3.8) is 0 Å².